The standard InChI is InChI=1S/C12H11NO2S/c14-12(15)7-6-11-13-10(8-16-11)9-4-2-1-3-5-9/h1-5,8H,6-7H2,(H,14,15). The van der Waals surface area contributed by atoms with Gasteiger partial charge >= 0.3 is 5.97 Å². The van der Waals surface area contributed by atoms with E-state index in [1.54, 1.807) is 0 Å². The van der Waals surface area contributed by atoms with Crippen molar-refractivity contribution in [2.75, 3.05) is 0 Å². The lowest BCUT2D eigenvalue weighted by molar-refractivity contribution is -0.136. The van der Waals surface area contributed by atoms with E-state index in [4.69, 9.17) is 5.11 Å². The molecular formula is C12H11NO2S. The van der Waals surface area contributed by atoms with E-state index in [9.17, 15) is 4.79 Å². The van der Waals surface area contributed by atoms with Crippen molar-refractivity contribution in [2.24, 2.45) is 0 Å². The van der Waals surface area contributed by atoms with Gasteiger partial charge in [0.05, 0.1) is 17.1 Å². The molecule has 3 nitrogen and oxygen atoms in total. The van der Waals surface area contributed by atoms with Crippen LogP contribution in [0.3, 0.4) is 0 Å². The number of aromatic nitrogens is 1. The first-order chi connectivity index (χ1) is 7.75. The van der Waals surface area contributed by atoms with Crippen molar-refractivity contribution in [3.63, 3.8) is 0 Å². The second-order valence-corrected chi connectivity index (χ2v) is 4.33. The largest absolute Gasteiger partial charge is 0.481 e. The fourth-order valence-electron chi connectivity index (χ4n) is 1.38. The van der Waals surface area contributed by atoms with Crippen LogP contribution in [0.1, 0.15) is 11.4 Å². The summed E-state index contributed by atoms with van der Waals surface area (Å²) < 4.78 is 0. The molecule has 0 atom stereocenters. The van der Waals surface area contributed by atoms with Crippen molar-refractivity contribution < 1.29 is 9.90 Å². The van der Waals surface area contributed by atoms with Crippen LogP contribution in [0.25, 0.3) is 11.3 Å². The van der Waals surface area contributed by atoms with Crippen LogP contribution in [0.15, 0.2) is 35.7 Å². The molecule has 0 saturated heterocycles. The molecule has 1 heterocycles. The average molecular weight is 233 g/mol. The minimum atomic E-state index is -0.781. The van der Waals surface area contributed by atoms with Crippen molar-refractivity contribution in [3.05, 3.63) is 40.7 Å². The van der Waals surface area contributed by atoms with Crippen LogP contribution in [-0.4, -0.2) is 16.1 Å². The number of carboxylic acid groups (broad SMARTS) is 1. The molecule has 1 N–H and O–H groups in total. The summed E-state index contributed by atoms with van der Waals surface area (Å²) in [5.74, 6) is -0.781. The average Bonchev–Trinajstić information content (AvgIpc) is 2.76. The molecule has 0 bridgehead atoms. The Morgan fingerprint density at radius 2 is 2.06 bits per heavy atom. The van der Waals surface area contributed by atoms with E-state index in [0.717, 1.165) is 16.3 Å². The van der Waals surface area contributed by atoms with E-state index in [1.165, 1.54) is 11.3 Å². The predicted octanol–water partition coefficient (Wildman–Crippen LogP) is 2.83. The molecule has 2 rings (SSSR count). The Labute approximate surface area is 97.4 Å². The van der Waals surface area contributed by atoms with Gasteiger partial charge in [0.1, 0.15) is 0 Å². The number of nitrogens with zero attached hydrogens (tertiary/aromatic N) is 1. The third kappa shape index (κ3) is 2.67. The summed E-state index contributed by atoms with van der Waals surface area (Å²) in [6, 6.07) is 9.88. The van der Waals surface area contributed by atoms with Gasteiger partial charge in [0, 0.05) is 17.4 Å². The van der Waals surface area contributed by atoms with Gasteiger partial charge < -0.3 is 5.11 Å². The Bertz CT molecular complexity index is 479. The molecule has 4 heteroatoms. The van der Waals surface area contributed by atoms with Gasteiger partial charge in [-0.25, -0.2) is 4.98 Å². The summed E-state index contributed by atoms with van der Waals surface area (Å²) in [6.07, 6.45) is 0.647. The maximum Gasteiger partial charge on any atom is 0.303 e. The molecule has 0 aliphatic carbocycles. The predicted molar refractivity (Wildman–Crippen MR) is 63.5 cm³/mol. The van der Waals surface area contributed by atoms with Crippen LogP contribution in [0.2, 0.25) is 0 Å². The summed E-state index contributed by atoms with van der Waals surface area (Å²) >= 11 is 1.51. The van der Waals surface area contributed by atoms with Gasteiger partial charge in [0.25, 0.3) is 0 Å². The van der Waals surface area contributed by atoms with Crippen molar-refractivity contribution in [1.82, 2.24) is 4.98 Å². The maximum absolute atomic E-state index is 10.4. The highest BCUT2D eigenvalue weighted by Crippen LogP contribution is 2.22. The SMILES string of the molecule is O=C(O)CCc1nc(-c2ccccc2)cs1. The molecule has 0 unspecified atom stereocenters. The van der Waals surface area contributed by atoms with Crippen molar-refractivity contribution in [1.29, 1.82) is 0 Å². The number of thiazole rings is 1. The highest BCUT2D eigenvalue weighted by molar-refractivity contribution is 7.09. The maximum atomic E-state index is 10.4. The summed E-state index contributed by atoms with van der Waals surface area (Å²) in [5, 5.41) is 11.4. The third-order valence-corrected chi connectivity index (χ3v) is 3.08. The van der Waals surface area contributed by atoms with Crippen LogP contribution < -0.4 is 0 Å². The Hall–Kier alpha value is -1.68. The molecule has 0 radical (unpaired) electrons. The molecule has 0 saturated carbocycles. The van der Waals surface area contributed by atoms with Gasteiger partial charge in [-0.2, -0.15) is 0 Å². The zero-order chi connectivity index (χ0) is 11.4. The molecule has 0 spiro atoms. The third-order valence-electron chi connectivity index (χ3n) is 2.17. The molecule has 1 aromatic heterocycles. The Kier molecular flexibility index (Phi) is 3.31. The quantitative estimate of drug-likeness (QED) is 0.883. The minimum absolute atomic E-state index is 0.141. The number of benzene rings is 1. The Morgan fingerprint density at radius 3 is 2.75 bits per heavy atom. The smallest absolute Gasteiger partial charge is 0.303 e. The molecule has 2 aromatic rings. The number of carboxylic acids is 1. The van der Waals surface area contributed by atoms with Gasteiger partial charge in [0.2, 0.25) is 0 Å². The first-order valence-electron chi connectivity index (χ1n) is 4.97. The Morgan fingerprint density at radius 1 is 1.31 bits per heavy atom. The fraction of sp³-hybridized carbons (Fsp3) is 0.167. The number of rotatable bonds is 4. The van der Waals surface area contributed by atoms with Crippen molar-refractivity contribution in [2.45, 2.75) is 12.8 Å². The summed E-state index contributed by atoms with van der Waals surface area (Å²) in [6.45, 7) is 0. The Balaban J connectivity index is 2.11. The van der Waals surface area contributed by atoms with Crippen LogP contribution >= 0.6 is 11.3 Å². The molecule has 16 heavy (non-hydrogen) atoms. The van der Waals surface area contributed by atoms with E-state index in [0.29, 0.717) is 6.42 Å². The minimum Gasteiger partial charge on any atom is -0.481 e. The molecular weight excluding hydrogens is 222 g/mol. The zero-order valence-corrected chi connectivity index (χ0v) is 9.41. The van der Waals surface area contributed by atoms with Gasteiger partial charge in [-0.3, -0.25) is 4.79 Å². The number of aliphatic carboxylic acids is 1. The van der Waals surface area contributed by atoms with Gasteiger partial charge in [0.15, 0.2) is 0 Å². The van der Waals surface area contributed by atoms with Gasteiger partial charge in [-0.15, -0.1) is 11.3 Å². The van der Waals surface area contributed by atoms with Crippen LogP contribution in [-0.2, 0) is 11.2 Å². The van der Waals surface area contributed by atoms with Crippen molar-refractivity contribution >= 4 is 17.3 Å². The summed E-state index contributed by atoms with van der Waals surface area (Å²) in [7, 11) is 0. The first-order valence-corrected chi connectivity index (χ1v) is 5.85. The lowest BCUT2D eigenvalue weighted by atomic mass is 10.2. The second kappa shape index (κ2) is 4.90. The van der Waals surface area contributed by atoms with Crippen LogP contribution in [0.5, 0.6) is 0 Å². The lowest BCUT2D eigenvalue weighted by Crippen LogP contribution is -1.96. The highest BCUT2D eigenvalue weighted by atomic mass is 32.1. The highest BCUT2D eigenvalue weighted by Gasteiger charge is 2.05. The molecule has 0 amide bonds. The van der Waals surface area contributed by atoms with E-state index < -0.39 is 5.97 Å². The number of hydrogen-bond acceptors (Lipinski definition) is 3. The summed E-state index contributed by atoms with van der Waals surface area (Å²) in [4.78, 5) is 14.8. The zero-order valence-electron chi connectivity index (χ0n) is 8.59. The normalized spacial score (nSPS) is 10.2. The molecule has 0 fully saturated rings. The molecule has 0 aliphatic heterocycles. The van der Waals surface area contributed by atoms with E-state index in [2.05, 4.69) is 4.98 Å². The number of carbonyl (C=O) groups is 1. The molecule has 82 valence electrons. The second-order valence-electron chi connectivity index (χ2n) is 3.39. The topological polar surface area (TPSA) is 50.2 Å². The number of aryl methyl sites for hydroxylation is 1. The first kappa shape index (κ1) is 10.8. The van der Waals surface area contributed by atoms with Crippen molar-refractivity contribution in [3.8, 4) is 11.3 Å². The van der Waals surface area contributed by atoms with Gasteiger partial charge in [-0.05, 0) is 0 Å². The van der Waals surface area contributed by atoms with E-state index >= 15 is 0 Å². The van der Waals surface area contributed by atoms with E-state index in [-0.39, 0.29) is 6.42 Å². The number of hydrogen-bond donors (Lipinski definition) is 1. The van der Waals surface area contributed by atoms with Crippen LogP contribution in [0.4, 0.5) is 0 Å². The fourth-order valence-corrected chi connectivity index (χ4v) is 2.19. The lowest BCUT2D eigenvalue weighted by Gasteiger charge is -1.94. The molecule has 0 aliphatic rings. The van der Waals surface area contributed by atoms with Gasteiger partial charge in [-0.1, -0.05) is 30.3 Å². The summed E-state index contributed by atoms with van der Waals surface area (Å²) in [5.41, 5.74) is 1.99. The monoisotopic (exact) mass is 233 g/mol. The van der Waals surface area contributed by atoms with Crippen LogP contribution in [0, 0.1) is 0 Å². The van der Waals surface area contributed by atoms with E-state index in [1.807, 2.05) is 35.7 Å². The molecule has 1 aromatic carbocycles.